The van der Waals surface area contributed by atoms with Crippen molar-refractivity contribution in [2.45, 2.75) is 5.60 Å². The van der Waals surface area contributed by atoms with Crippen molar-refractivity contribution in [1.29, 1.82) is 0 Å². The molecule has 0 spiro atoms. The van der Waals surface area contributed by atoms with Gasteiger partial charge in [-0.15, -0.1) is 0 Å². The Morgan fingerprint density at radius 1 is 0.900 bits per heavy atom. The maximum atomic E-state index is 13.3. The number of nitrogens with zero attached hydrogens (tertiary/aromatic N) is 1. The van der Waals surface area contributed by atoms with Crippen LogP contribution in [0.25, 0.3) is 6.08 Å². The van der Waals surface area contributed by atoms with Crippen LogP contribution in [-0.4, -0.2) is 24.4 Å². The molecule has 1 aliphatic heterocycles. The van der Waals surface area contributed by atoms with Gasteiger partial charge >= 0.3 is 12.1 Å². The van der Waals surface area contributed by atoms with Crippen LogP contribution in [0.2, 0.25) is 0 Å². The summed E-state index contributed by atoms with van der Waals surface area (Å²) < 4.78 is 11.1. The predicted octanol–water partition coefficient (Wildman–Crippen LogP) is 4.78. The van der Waals surface area contributed by atoms with Crippen LogP contribution in [0.15, 0.2) is 102 Å². The minimum atomic E-state index is -1.75. The maximum absolute atomic E-state index is 13.3. The molecule has 3 aromatic rings. The summed E-state index contributed by atoms with van der Waals surface area (Å²) in [5.41, 5.74) is 0.557. The first kappa shape index (κ1) is 19.3. The topological polar surface area (TPSA) is 65.0 Å². The summed E-state index contributed by atoms with van der Waals surface area (Å²) in [6.07, 6.45) is 2.77. The Labute approximate surface area is 174 Å². The van der Waals surface area contributed by atoms with Crippen molar-refractivity contribution in [3.63, 3.8) is 0 Å². The molecule has 0 bridgehead atoms. The Morgan fingerprint density at radius 2 is 1.50 bits per heavy atom. The molecule has 148 valence electrons. The molecule has 0 N–H and O–H groups in total. The Bertz CT molecular complexity index is 1090. The number of hydrogen-bond acceptors (Lipinski definition) is 4. The van der Waals surface area contributed by atoms with Gasteiger partial charge in [-0.3, -0.25) is 0 Å². The van der Waals surface area contributed by atoms with Crippen LogP contribution in [0.3, 0.4) is 0 Å². The van der Waals surface area contributed by atoms with Crippen molar-refractivity contribution in [2.75, 3.05) is 6.61 Å². The molecule has 1 atom stereocenters. The van der Waals surface area contributed by atoms with Gasteiger partial charge in [0.15, 0.2) is 0 Å². The van der Waals surface area contributed by atoms with Crippen LogP contribution < -0.4 is 0 Å². The van der Waals surface area contributed by atoms with E-state index in [0.29, 0.717) is 11.1 Å². The largest absolute Gasteiger partial charge is 0.458 e. The molecule has 30 heavy (non-hydrogen) atoms. The number of cyclic esters (lactones) is 1. The van der Waals surface area contributed by atoms with E-state index in [1.807, 2.05) is 60.7 Å². The van der Waals surface area contributed by atoms with Crippen molar-refractivity contribution in [3.8, 4) is 0 Å². The molecule has 0 aromatic heterocycles. The molecule has 0 radical (unpaired) electrons. The van der Waals surface area contributed by atoms with E-state index >= 15 is 0 Å². The summed E-state index contributed by atoms with van der Waals surface area (Å²) >= 11 is 0. The summed E-state index contributed by atoms with van der Waals surface area (Å²) in [5, 5.41) is 0. The lowest BCUT2D eigenvalue weighted by molar-refractivity contribution is -0.157. The number of carbonyl (C=O) groups is 2. The summed E-state index contributed by atoms with van der Waals surface area (Å²) in [5.74, 6) is -0.695. The lowest BCUT2D eigenvalue weighted by atomic mass is 9.85. The number of carbonyl (C=O) groups excluding carboxylic acids is 2. The van der Waals surface area contributed by atoms with E-state index in [4.69, 9.17) is 9.47 Å². The second-order valence-corrected chi connectivity index (χ2v) is 6.65. The zero-order valence-electron chi connectivity index (χ0n) is 16.1. The Kier molecular flexibility index (Phi) is 5.52. The minimum Gasteiger partial charge on any atom is -0.458 e. The van der Waals surface area contributed by atoms with Crippen LogP contribution in [0.5, 0.6) is 0 Å². The van der Waals surface area contributed by atoms with Gasteiger partial charge in [0.2, 0.25) is 0 Å². The third-order valence-corrected chi connectivity index (χ3v) is 4.71. The SMILES string of the molecule is O=C1N=C(c2ccccc2)C(C(=O)OCC=Cc2ccccc2)(c2ccccc2)O1. The first-order valence-electron chi connectivity index (χ1n) is 9.52. The normalized spacial score (nSPS) is 18.1. The molecular formula is C25H19NO4. The fraction of sp³-hybridized carbons (Fsp3) is 0.0800. The number of esters is 1. The molecular weight excluding hydrogens is 378 g/mol. The van der Waals surface area contributed by atoms with Crippen molar-refractivity contribution >= 4 is 23.9 Å². The molecule has 4 rings (SSSR count). The second-order valence-electron chi connectivity index (χ2n) is 6.65. The highest BCUT2D eigenvalue weighted by atomic mass is 16.6. The summed E-state index contributed by atoms with van der Waals surface area (Å²) in [6.45, 7) is 0.0297. The van der Waals surface area contributed by atoms with Crippen LogP contribution in [0.1, 0.15) is 16.7 Å². The van der Waals surface area contributed by atoms with E-state index < -0.39 is 17.7 Å². The fourth-order valence-corrected chi connectivity index (χ4v) is 3.33. The van der Waals surface area contributed by atoms with Crippen LogP contribution >= 0.6 is 0 Å². The van der Waals surface area contributed by atoms with Gasteiger partial charge in [0.05, 0.1) is 0 Å². The number of rotatable bonds is 6. The summed E-state index contributed by atoms with van der Waals surface area (Å²) in [4.78, 5) is 29.5. The first-order chi connectivity index (χ1) is 14.7. The third kappa shape index (κ3) is 3.78. The van der Waals surface area contributed by atoms with Crippen LogP contribution in [0, 0.1) is 0 Å². The average molecular weight is 397 g/mol. The summed E-state index contributed by atoms with van der Waals surface area (Å²) in [6, 6.07) is 27.5. The van der Waals surface area contributed by atoms with E-state index in [-0.39, 0.29) is 12.3 Å². The minimum absolute atomic E-state index is 0.0297. The van der Waals surface area contributed by atoms with Gasteiger partial charge < -0.3 is 9.47 Å². The number of ether oxygens (including phenoxy) is 2. The van der Waals surface area contributed by atoms with Gasteiger partial charge in [-0.25, -0.2) is 9.59 Å². The number of aliphatic imine (C=N–C) groups is 1. The molecule has 5 heteroatoms. The van der Waals surface area contributed by atoms with Crippen molar-refractivity contribution in [2.24, 2.45) is 4.99 Å². The zero-order valence-corrected chi connectivity index (χ0v) is 16.1. The van der Waals surface area contributed by atoms with Crippen molar-refractivity contribution < 1.29 is 19.1 Å². The first-order valence-corrected chi connectivity index (χ1v) is 9.52. The lowest BCUT2D eigenvalue weighted by Gasteiger charge is -2.27. The second kappa shape index (κ2) is 8.57. The van der Waals surface area contributed by atoms with Gasteiger partial charge in [-0.2, -0.15) is 4.99 Å². The van der Waals surface area contributed by atoms with Crippen LogP contribution in [-0.2, 0) is 19.9 Å². The van der Waals surface area contributed by atoms with Gasteiger partial charge in [0.25, 0.3) is 5.60 Å². The van der Waals surface area contributed by atoms with E-state index in [1.54, 1.807) is 42.5 Å². The smallest absolute Gasteiger partial charge is 0.435 e. The van der Waals surface area contributed by atoms with Crippen molar-refractivity contribution in [3.05, 3.63) is 114 Å². The monoisotopic (exact) mass is 397 g/mol. The van der Waals surface area contributed by atoms with E-state index in [0.717, 1.165) is 5.56 Å². The predicted molar refractivity (Wildman–Crippen MR) is 114 cm³/mol. The van der Waals surface area contributed by atoms with Gasteiger partial charge in [-0.1, -0.05) is 97.1 Å². The lowest BCUT2D eigenvalue weighted by Crippen LogP contribution is -2.45. The van der Waals surface area contributed by atoms with Gasteiger partial charge in [-0.05, 0) is 11.6 Å². The molecule has 0 aliphatic carbocycles. The Morgan fingerprint density at radius 3 is 2.17 bits per heavy atom. The highest BCUT2D eigenvalue weighted by Gasteiger charge is 2.55. The quantitative estimate of drug-likeness (QED) is 0.562. The summed E-state index contributed by atoms with van der Waals surface area (Å²) in [7, 11) is 0. The number of hydrogen-bond donors (Lipinski definition) is 0. The molecule has 1 unspecified atom stereocenters. The molecule has 5 nitrogen and oxygen atoms in total. The van der Waals surface area contributed by atoms with Gasteiger partial charge in [0.1, 0.15) is 12.3 Å². The van der Waals surface area contributed by atoms with E-state index in [9.17, 15) is 9.59 Å². The fourth-order valence-electron chi connectivity index (χ4n) is 3.33. The molecule has 0 fully saturated rings. The Hall–Kier alpha value is -3.99. The highest BCUT2D eigenvalue weighted by Crippen LogP contribution is 2.37. The number of benzene rings is 3. The molecule has 0 saturated carbocycles. The highest BCUT2D eigenvalue weighted by molar-refractivity contribution is 6.24. The van der Waals surface area contributed by atoms with Crippen molar-refractivity contribution in [1.82, 2.24) is 0 Å². The van der Waals surface area contributed by atoms with Crippen LogP contribution in [0.4, 0.5) is 4.79 Å². The molecule has 0 saturated heterocycles. The van der Waals surface area contributed by atoms with Gasteiger partial charge in [0, 0.05) is 11.1 Å². The zero-order chi connectivity index (χ0) is 20.8. The standard InChI is InChI=1S/C25H19NO4/c27-23(29-18-10-13-19-11-4-1-5-12-19)25(21-16-8-3-9-17-21)22(26-24(28)30-25)20-14-6-2-7-15-20/h1-17H,18H2. The molecule has 1 aliphatic rings. The Balaban J connectivity index is 1.65. The third-order valence-electron chi connectivity index (χ3n) is 4.71. The van der Waals surface area contributed by atoms with E-state index in [1.165, 1.54) is 0 Å². The average Bonchev–Trinajstić information content (AvgIpc) is 3.17. The molecule has 1 amide bonds. The van der Waals surface area contributed by atoms with E-state index in [2.05, 4.69) is 4.99 Å². The molecule has 1 heterocycles. The maximum Gasteiger partial charge on any atom is 0.435 e. The number of amides is 1. The molecule has 3 aromatic carbocycles.